The molecule has 3 aromatic rings. The number of ether oxygens (including phenoxy) is 2. The first kappa shape index (κ1) is 20.8. The zero-order valence-corrected chi connectivity index (χ0v) is 17.4. The van der Waals surface area contributed by atoms with Gasteiger partial charge in [0, 0.05) is 10.6 Å². The van der Waals surface area contributed by atoms with Gasteiger partial charge in [-0.05, 0) is 48.9 Å². The van der Waals surface area contributed by atoms with Crippen molar-refractivity contribution in [2.45, 2.75) is 23.6 Å². The Morgan fingerprint density at radius 3 is 2.31 bits per heavy atom. The fourth-order valence-corrected chi connectivity index (χ4v) is 3.76. The molecular weight excluding hydrogens is 382 g/mol. The highest BCUT2D eigenvalue weighted by Crippen LogP contribution is 2.26. The van der Waals surface area contributed by atoms with Gasteiger partial charge in [0.25, 0.3) is 5.91 Å². The molecule has 3 rings (SSSR count). The molecule has 0 bridgehead atoms. The Labute approximate surface area is 176 Å². The number of benzene rings is 3. The summed E-state index contributed by atoms with van der Waals surface area (Å²) in [4.78, 5) is 13.8. The van der Waals surface area contributed by atoms with Gasteiger partial charge in [0.15, 0.2) is 0 Å². The van der Waals surface area contributed by atoms with E-state index in [-0.39, 0.29) is 11.9 Å². The van der Waals surface area contributed by atoms with Gasteiger partial charge in [-0.2, -0.15) is 0 Å². The van der Waals surface area contributed by atoms with Gasteiger partial charge in [0.1, 0.15) is 18.1 Å². The first-order valence-corrected chi connectivity index (χ1v) is 10.5. The first-order chi connectivity index (χ1) is 14.2. The molecule has 1 amide bonds. The standard InChI is InChI=1S/C24H25NO3S/c1-18(16-28-21-14-12-20(27-2)13-15-21)25-24(26)22-10-6-7-11-23(22)29-17-19-8-4-3-5-9-19/h3-15,18H,16-17H2,1-2H3,(H,25,26). The average molecular weight is 408 g/mol. The van der Waals surface area contributed by atoms with Crippen molar-refractivity contribution in [3.05, 3.63) is 90.0 Å². The Hall–Kier alpha value is -2.92. The smallest absolute Gasteiger partial charge is 0.252 e. The van der Waals surface area contributed by atoms with Crippen LogP contribution in [0.2, 0.25) is 0 Å². The minimum Gasteiger partial charge on any atom is -0.497 e. The molecule has 0 saturated carbocycles. The number of nitrogens with one attached hydrogen (secondary N) is 1. The lowest BCUT2D eigenvalue weighted by atomic mass is 10.2. The lowest BCUT2D eigenvalue weighted by molar-refractivity contribution is 0.0923. The highest BCUT2D eigenvalue weighted by molar-refractivity contribution is 7.98. The zero-order valence-electron chi connectivity index (χ0n) is 16.6. The third-order valence-electron chi connectivity index (χ3n) is 4.31. The van der Waals surface area contributed by atoms with Crippen molar-refractivity contribution in [1.82, 2.24) is 5.32 Å². The van der Waals surface area contributed by atoms with E-state index in [1.54, 1.807) is 18.9 Å². The van der Waals surface area contributed by atoms with Crippen molar-refractivity contribution in [3.8, 4) is 11.5 Å². The van der Waals surface area contributed by atoms with Gasteiger partial charge in [-0.1, -0.05) is 42.5 Å². The second-order valence-electron chi connectivity index (χ2n) is 6.63. The van der Waals surface area contributed by atoms with Crippen LogP contribution < -0.4 is 14.8 Å². The molecule has 0 aliphatic rings. The maximum atomic E-state index is 12.8. The molecular formula is C24H25NO3S. The van der Waals surface area contributed by atoms with Gasteiger partial charge < -0.3 is 14.8 Å². The fourth-order valence-electron chi connectivity index (χ4n) is 2.75. The highest BCUT2D eigenvalue weighted by Gasteiger charge is 2.14. The fraction of sp³-hybridized carbons (Fsp3) is 0.208. The van der Waals surface area contributed by atoms with E-state index in [9.17, 15) is 4.79 Å². The summed E-state index contributed by atoms with van der Waals surface area (Å²) in [5.41, 5.74) is 1.92. The van der Waals surface area contributed by atoms with Crippen molar-refractivity contribution in [3.63, 3.8) is 0 Å². The van der Waals surface area contributed by atoms with Crippen LogP contribution in [-0.4, -0.2) is 25.7 Å². The third-order valence-corrected chi connectivity index (χ3v) is 5.45. The largest absolute Gasteiger partial charge is 0.497 e. The van der Waals surface area contributed by atoms with E-state index < -0.39 is 0 Å². The van der Waals surface area contributed by atoms with E-state index in [1.807, 2.05) is 73.7 Å². The second-order valence-corrected chi connectivity index (χ2v) is 7.65. The summed E-state index contributed by atoms with van der Waals surface area (Å²) in [6, 6.07) is 25.2. The van der Waals surface area contributed by atoms with Gasteiger partial charge in [-0.3, -0.25) is 4.79 Å². The minimum absolute atomic E-state index is 0.0907. The van der Waals surface area contributed by atoms with Gasteiger partial charge >= 0.3 is 0 Å². The molecule has 29 heavy (non-hydrogen) atoms. The number of methoxy groups -OCH3 is 1. The molecule has 0 radical (unpaired) electrons. The topological polar surface area (TPSA) is 47.6 Å². The zero-order chi connectivity index (χ0) is 20.5. The molecule has 0 heterocycles. The monoisotopic (exact) mass is 407 g/mol. The summed E-state index contributed by atoms with van der Waals surface area (Å²) in [5, 5.41) is 3.03. The summed E-state index contributed by atoms with van der Waals surface area (Å²) in [6.45, 7) is 2.32. The first-order valence-electron chi connectivity index (χ1n) is 9.49. The van der Waals surface area contributed by atoms with Crippen molar-refractivity contribution < 1.29 is 14.3 Å². The molecule has 0 saturated heterocycles. The van der Waals surface area contributed by atoms with Crippen LogP contribution in [0, 0.1) is 0 Å². The minimum atomic E-state index is -0.128. The molecule has 0 aliphatic carbocycles. The van der Waals surface area contributed by atoms with E-state index in [2.05, 4.69) is 17.4 Å². The Morgan fingerprint density at radius 2 is 1.59 bits per heavy atom. The summed E-state index contributed by atoms with van der Waals surface area (Å²) in [6.07, 6.45) is 0. The number of rotatable bonds is 9. The average Bonchev–Trinajstić information content (AvgIpc) is 2.77. The Morgan fingerprint density at radius 1 is 0.931 bits per heavy atom. The van der Waals surface area contributed by atoms with Crippen LogP contribution in [0.25, 0.3) is 0 Å². The van der Waals surface area contributed by atoms with E-state index in [1.165, 1.54) is 5.56 Å². The lowest BCUT2D eigenvalue weighted by Gasteiger charge is -2.16. The molecule has 0 aliphatic heterocycles. The van der Waals surface area contributed by atoms with Crippen LogP contribution in [0.3, 0.4) is 0 Å². The van der Waals surface area contributed by atoms with Gasteiger partial charge in [-0.25, -0.2) is 0 Å². The van der Waals surface area contributed by atoms with Gasteiger partial charge in [0.05, 0.1) is 18.7 Å². The summed E-state index contributed by atoms with van der Waals surface area (Å²) in [5.74, 6) is 2.25. The van der Waals surface area contributed by atoms with Crippen molar-refractivity contribution >= 4 is 17.7 Å². The summed E-state index contributed by atoms with van der Waals surface area (Å²) < 4.78 is 10.9. The van der Waals surface area contributed by atoms with Crippen LogP contribution in [0.15, 0.2) is 83.8 Å². The Balaban J connectivity index is 1.55. The van der Waals surface area contributed by atoms with Gasteiger partial charge in [-0.15, -0.1) is 11.8 Å². The number of carbonyl (C=O) groups is 1. The summed E-state index contributed by atoms with van der Waals surface area (Å²) in [7, 11) is 1.63. The number of carbonyl (C=O) groups excluding carboxylic acids is 1. The molecule has 1 unspecified atom stereocenters. The molecule has 150 valence electrons. The van der Waals surface area contributed by atoms with Crippen molar-refractivity contribution in [2.24, 2.45) is 0 Å². The van der Waals surface area contributed by atoms with E-state index >= 15 is 0 Å². The normalized spacial score (nSPS) is 11.5. The maximum Gasteiger partial charge on any atom is 0.252 e. The molecule has 5 heteroatoms. The molecule has 3 aromatic carbocycles. The number of thioether (sulfide) groups is 1. The summed E-state index contributed by atoms with van der Waals surface area (Å²) >= 11 is 1.67. The number of amides is 1. The predicted octanol–water partition coefficient (Wildman–Crippen LogP) is 5.18. The van der Waals surface area contributed by atoms with E-state index in [0.29, 0.717) is 12.2 Å². The SMILES string of the molecule is COc1ccc(OCC(C)NC(=O)c2ccccc2SCc2ccccc2)cc1. The quantitative estimate of drug-likeness (QED) is 0.496. The number of hydrogen-bond acceptors (Lipinski definition) is 4. The highest BCUT2D eigenvalue weighted by atomic mass is 32.2. The third kappa shape index (κ3) is 6.29. The van der Waals surface area contributed by atoms with Crippen molar-refractivity contribution in [2.75, 3.05) is 13.7 Å². The molecule has 0 spiro atoms. The lowest BCUT2D eigenvalue weighted by Crippen LogP contribution is -2.37. The molecule has 1 atom stereocenters. The van der Waals surface area contributed by atoms with Crippen LogP contribution in [0.5, 0.6) is 11.5 Å². The molecule has 0 fully saturated rings. The molecule has 1 N–H and O–H groups in total. The second kappa shape index (κ2) is 10.6. The number of hydrogen-bond donors (Lipinski definition) is 1. The van der Waals surface area contributed by atoms with Crippen LogP contribution >= 0.6 is 11.8 Å². The van der Waals surface area contributed by atoms with Crippen LogP contribution in [0.1, 0.15) is 22.8 Å². The predicted molar refractivity (Wildman–Crippen MR) is 118 cm³/mol. The molecule has 0 aromatic heterocycles. The van der Waals surface area contributed by atoms with Gasteiger partial charge in [0.2, 0.25) is 0 Å². The Kier molecular flexibility index (Phi) is 7.59. The van der Waals surface area contributed by atoms with Crippen LogP contribution in [-0.2, 0) is 5.75 Å². The van der Waals surface area contributed by atoms with Crippen LogP contribution in [0.4, 0.5) is 0 Å². The van der Waals surface area contributed by atoms with Crippen molar-refractivity contribution in [1.29, 1.82) is 0 Å². The van der Waals surface area contributed by atoms with E-state index in [4.69, 9.17) is 9.47 Å². The Bertz CT molecular complexity index is 913. The van der Waals surface area contributed by atoms with E-state index in [0.717, 1.165) is 22.1 Å². The molecule has 4 nitrogen and oxygen atoms in total. The maximum absolute atomic E-state index is 12.8.